The van der Waals surface area contributed by atoms with Gasteiger partial charge in [-0.1, -0.05) is 0 Å². The van der Waals surface area contributed by atoms with Crippen molar-refractivity contribution in [2.24, 2.45) is 7.05 Å². The van der Waals surface area contributed by atoms with Gasteiger partial charge in [-0.05, 0) is 52.4 Å². The third kappa shape index (κ3) is 3.82. The van der Waals surface area contributed by atoms with E-state index in [0.29, 0.717) is 6.04 Å². The summed E-state index contributed by atoms with van der Waals surface area (Å²) in [5.41, 5.74) is 1.27. The van der Waals surface area contributed by atoms with Gasteiger partial charge >= 0.3 is 0 Å². The van der Waals surface area contributed by atoms with E-state index in [1.54, 1.807) is 0 Å². The molecule has 0 aromatic carbocycles. The maximum absolute atomic E-state index is 4.20. The Morgan fingerprint density at radius 3 is 2.82 bits per heavy atom. The first-order valence-corrected chi connectivity index (χ1v) is 6.70. The van der Waals surface area contributed by atoms with Gasteiger partial charge in [0, 0.05) is 24.8 Å². The number of aryl methyl sites for hydroxylation is 1. The minimum atomic E-state index is 0.405. The highest BCUT2D eigenvalue weighted by atomic mass is 15.2. The van der Waals surface area contributed by atoms with Crippen LogP contribution in [0.2, 0.25) is 0 Å². The molecule has 1 saturated heterocycles. The van der Waals surface area contributed by atoms with E-state index in [1.807, 2.05) is 17.9 Å². The van der Waals surface area contributed by atoms with Crippen LogP contribution in [0.5, 0.6) is 0 Å². The highest BCUT2D eigenvalue weighted by Crippen LogP contribution is 2.10. The fourth-order valence-corrected chi connectivity index (χ4v) is 2.41. The van der Waals surface area contributed by atoms with Crippen LogP contribution in [0.1, 0.15) is 37.8 Å². The van der Waals surface area contributed by atoms with E-state index in [4.69, 9.17) is 0 Å². The molecule has 0 amide bonds. The van der Waals surface area contributed by atoms with Gasteiger partial charge in [-0.3, -0.25) is 4.68 Å². The number of nitrogens with one attached hydrogen (secondary N) is 1. The third-order valence-electron chi connectivity index (χ3n) is 3.53. The molecular weight excluding hydrogens is 212 g/mol. The zero-order chi connectivity index (χ0) is 12.1. The van der Waals surface area contributed by atoms with Crippen molar-refractivity contribution in [1.82, 2.24) is 20.0 Å². The maximum atomic E-state index is 4.20. The van der Waals surface area contributed by atoms with Crippen molar-refractivity contribution in [3.63, 3.8) is 0 Å². The number of likely N-dealkylation sites (tertiary alicyclic amines) is 1. The van der Waals surface area contributed by atoms with E-state index < -0.39 is 0 Å². The molecule has 1 aliphatic rings. The van der Waals surface area contributed by atoms with Crippen molar-refractivity contribution in [1.29, 1.82) is 0 Å². The number of aromatic nitrogens is 2. The lowest BCUT2D eigenvalue weighted by molar-refractivity contribution is 0.328. The lowest BCUT2D eigenvalue weighted by Crippen LogP contribution is -2.26. The molecule has 1 aromatic rings. The van der Waals surface area contributed by atoms with Crippen LogP contribution in [0.25, 0.3) is 0 Å². The molecule has 1 fully saturated rings. The molecule has 0 bridgehead atoms. The first-order valence-electron chi connectivity index (χ1n) is 6.70. The van der Waals surface area contributed by atoms with Crippen LogP contribution < -0.4 is 5.32 Å². The highest BCUT2D eigenvalue weighted by molar-refractivity contribution is 5.08. The van der Waals surface area contributed by atoms with Crippen LogP contribution in [-0.2, 0) is 7.05 Å². The second kappa shape index (κ2) is 6.17. The first-order chi connectivity index (χ1) is 8.25. The molecule has 2 rings (SSSR count). The lowest BCUT2D eigenvalue weighted by Gasteiger charge is -2.16. The van der Waals surface area contributed by atoms with Crippen molar-refractivity contribution in [3.05, 3.63) is 18.0 Å². The fourth-order valence-electron chi connectivity index (χ4n) is 2.41. The molecule has 2 heterocycles. The minimum Gasteiger partial charge on any atom is -0.310 e. The Morgan fingerprint density at radius 2 is 2.18 bits per heavy atom. The van der Waals surface area contributed by atoms with Gasteiger partial charge in [0.15, 0.2) is 0 Å². The average molecular weight is 236 g/mol. The molecule has 1 unspecified atom stereocenters. The minimum absolute atomic E-state index is 0.405. The summed E-state index contributed by atoms with van der Waals surface area (Å²) in [5, 5.41) is 7.75. The van der Waals surface area contributed by atoms with Gasteiger partial charge in [-0.25, -0.2) is 0 Å². The van der Waals surface area contributed by atoms with Gasteiger partial charge < -0.3 is 10.2 Å². The average Bonchev–Trinajstić information content (AvgIpc) is 2.95. The molecule has 17 heavy (non-hydrogen) atoms. The topological polar surface area (TPSA) is 33.1 Å². The highest BCUT2D eigenvalue weighted by Gasteiger charge is 2.11. The summed E-state index contributed by atoms with van der Waals surface area (Å²) >= 11 is 0. The standard InChI is InChI=1S/C13H24N4/c1-12(13-10-15-16(2)11-13)14-6-5-9-17-7-3-4-8-17/h10-12,14H,3-9H2,1-2H3. The van der Waals surface area contributed by atoms with E-state index in [-0.39, 0.29) is 0 Å². The summed E-state index contributed by atoms with van der Waals surface area (Å²) in [5.74, 6) is 0. The van der Waals surface area contributed by atoms with Gasteiger partial charge in [0.05, 0.1) is 6.20 Å². The Hall–Kier alpha value is -0.870. The molecule has 4 heteroatoms. The van der Waals surface area contributed by atoms with E-state index in [0.717, 1.165) is 6.54 Å². The summed E-state index contributed by atoms with van der Waals surface area (Å²) in [6.07, 6.45) is 8.04. The summed E-state index contributed by atoms with van der Waals surface area (Å²) < 4.78 is 1.86. The summed E-state index contributed by atoms with van der Waals surface area (Å²) in [6, 6.07) is 0.405. The molecule has 0 spiro atoms. The number of hydrogen-bond donors (Lipinski definition) is 1. The molecule has 1 aliphatic heterocycles. The smallest absolute Gasteiger partial charge is 0.0537 e. The van der Waals surface area contributed by atoms with E-state index in [1.165, 1.54) is 44.5 Å². The van der Waals surface area contributed by atoms with Crippen molar-refractivity contribution in [2.75, 3.05) is 26.2 Å². The molecule has 96 valence electrons. The summed E-state index contributed by atoms with van der Waals surface area (Å²) in [4.78, 5) is 2.57. The number of nitrogens with zero attached hydrogens (tertiary/aromatic N) is 3. The van der Waals surface area contributed by atoms with Crippen molar-refractivity contribution in [2.45, 2.75) is 32.2 Å². The SMILES string of the molecule is CC(NCCCN1CCCC1)c1cnn(C)c1. The van der Waals surface area contributed by atoms with Gasteiger partial charge in [-0.15, -0.1) is 0 Å². The van der Waals surface area contributed by atoms with Crippen molar-refractivity contribution >= 4 is 0 Å². The molecule has 1 atom stereocenters. The van der Waals surface area contributed by atoms with Crippen LogP contribution in [-0.4, -0.2) is 40.9 Å². The Labute approximate surface area is 104 Å². The van der Waals surface area contributed by atoms with E-state index in [9.17, 15) is 0 Å². The first kappa shape index (κ1) is 12.6. The summed E-state index contributed by atoms with van der Waals surface area (Å²) in [7, 11) is 1.96. The quantitative estimate of drug-likeness (QED) is 0.761. The molecule has 0 radical (unpaired) electrons. The molecular formula is C13H24N4. The second-order valence-corrected chi connectivity index (χ2v) is 5.03. The van der Waals surface area contributed by atoms with Gasteiger partial charge in [-0.2, -0.15) is 5.10 Å². The molecule has 4 nitrogen and oxygen atoms in total. The van der Waals surface area contributed by atoms with Gasteiger partial charge in [0.2, 0.25) is 0 Å². The van der Waals surface area contributed by atoms with Crippen LogP contribution in [0.3, 0.4) is 0 Å². The zero-order valence-electron chi connectivity index (χ0n) is 11.0. The summed E-state index contributed by atoms with van der Waals surface area (Å²) in [6.45, 7) is 7.14. The van der Waals surface area contributed by atoms with Crippen LogP contribution >= 0.6 is 0 Å². The molecule has 1 aromatic heterocycles. The van der Waals surface area contributed by atoms with E-state index >= 15 is 0 Å². The number of rotatable bonds is 6. The van der Waals surface area contributed by atoms with Gasteiger partial charge in [0.25, 0.3) is 0 Å². The monoisotopic (exact) mass is 236 g/mol. The Balaban J connectivity index is 1.61. The predicted molar refractivity (Wildman–Crippen MR) is 69.9 cm³/mol. The largest absolute Gasteiger partial charge is 0.310 e. The zero-order valence-corrected chi connectivity index (χ0v) is 11.0. The predicted octanol–water partition coefficient (Wildman–Crippen LogP) is 1.56. The Kier molecular flexibility index (Phi) is 4.57. The van der Waals surface area contributed by atoms with Crippen molar-refractivity contribution in [3.8, 4) is 0 Å². The second-order valence-electron chi connectivity index (χ2n) is 5.03. The van der Waals surface area contributed by atoms with Crippen LogP contribution in [0.15, 0.2) is 12.4 Å². The van der Waals surface area contributed by atoms with Crippen LogP contribution in [0, 0.1) is 0 Å². The third-order valence-corrected chi connectivity index (χ3v) is 3.53. The lowest BCUT2D eigenvalue weighted by atomic mass is 10.2. The fraction of sp³-hybridized carbons (Fsp3) is 0.769. The molecule has 0 saturated carbocycles. The number of hydrogen-bond acceptors (Lipinski definition) is 3. The molecule has 0 aliphatic carbocycles. The Morgan fingerprint density at radius 1 is 1.41 bits per heavy atom. The van der Waals surface area contributed by atoms with E-state index in [2.05, 4.69) is 28.4 Å². The maximum Gasteiger partial charge on any atom is 0.0537 e. The van der Waals surface area contributed by atoms with Crippen LogP contribution in [0.4, 0.5) is 0 Å². The Bertz CT molecular complexity index is 328. The molecule has 1 N–H and O–H groups in total. The normalized spacial score (nSPS) is 18.7. The van der Waals surface area contributed by atoms with Gasteiger partial charge in [0.1, 0.15) is 0 Å². The van der Waals surface area contributed by atoms with Crippen molar-refractivity contribution < 1.29 is 0 Å².